The molecular formula is C17H16Cl2O3. The molecule has 0 atom stereocenters. The van der Waals surface area contributed by atoms with Crippen molar-refractivity contribution in [1.82, 2.24) is 0 Å². The quantitative estimate of drug-likeness (QED) is 0.813. The van der Waals surface area contributed by atoms with Gasteiger partial charge in [0.1, 0.15) is 6.10 Å². The fraction of sp³-hybridized carbons (Fsp3) is 0.294. The van der Waals surface area contributed by atoms with Crippen LogP contribution in [0.4, 0.5) is 0 Å². The van der Waals surface area contributed by atoms with Crippen LogP contribution >= 0.6 is 23.2 Å². The fourth-order valence-electron chi connectivity index (χ4n) is 2.23. The lowest BCUT2D eigenvalue weighted by Gasteiger charge is -2.29. The van der Waals surface area contributed by atoms with Gasteiger partial charge in [-0.25, -0.2) is 0 Å². The predicted molar refractivity (Wildman–Crippen MR) is 86.1 cm³/mol. The molecule has 0 bridgehead atoms. The van der Waals surface area contributed by atoms with Gasteiger partial charge >= 0.3 is 0 Å². The summed E-state index contributed by atoms with van der Waals surface area (Å²) in [4.78, 5) is 0. The average Bonchev–Trinajstić information content (AvgIpc) is 2.55. The summed E-state index contributed by atoms with van der Waals surface area (Å²) < 4.78 is 17.2. The van der Waals surface area contributed by atoms with Gasteiger partial charge in [-0.1, -0.05) is 59.6 Å². The van der Waals surface area contributed by atoms with E-state index in [2.05, 4.69) is 0 Å². The van der Waals surface area contributed by atoms with Gasteiger partial charge in [0.2, 0.25) is 0 Å². The minimum atomic E-state index is -0.319. The molecule has 0 aliphatic carbocycles. The summed E-state index contributed by atoms with van der Waals surface area (Å²) in [6.45, 7) is 1.39. The summed E-state index contributed by atoms with van der Waals surface area (Å²) in [5, 5.41) is 1.22. The molecule has 0 radical (unpaired) electrons. The standard InChI is InChI=1S/C17H16Cl2O3/c18-14-7-6-13(16(19)8-14)9-20-15-10-21-17(22-11-15)12-4-2-1-3-5-12/h1-8,15,17H,9-11H2/t15-,17+. The highest BCUT2D eigenvalue weighted by atomic mass is 35.5. The highest BCUT2D eigenvalue weighted by Crippen LogP contribution is 2.25. The second-order valence-electron chi connectivity index (χ2n) is 5.08. The first-order chi connectivity index (χ1) is 10.7. The molecule has 22 heavy (non-hydrogen) atoms. The van der Waals surface area contributed by atoms with Gasteiger partial charge in [-0.2, -0.15) is 0 Å². The molecule has 2 aromatic rings. The van der Waals surface area contributed by atoms with E-state index in [1.165, 1.54) is 0 Å². The lowest BCUT2D eigenvalue weighted by Crippen LogP contribution is -2.33. The molecule has 3 rings (SSSR count). The van der Waals surface area contributed by atoms with Crippen molar-refractivity contribution in [3.05, 3.63) is 69.7 Å². The lowest BCUT2D eigenvalue weighted by molar-refractivity contribution is -0.232. The fourth-order valence-corrected chi connectivity index (χ4v) is 2.69. The van der Waals surface area contributed by atoms with Crippen molar-refractivity contribution in [2.45, 2.75) is 19.0 Å². The van der Waals surface area contributed by atoms with E-state index in [4.69, 9.17) is 37.4 Å². The predicted octanol–water partition coefficient (Wildman–Crippen LogP) is 4.62. The van der Waals surface area contributed by atoms with Crippen LogP contribution in [0.15, 0.2) is 48.5 Å². The van der Waals surface area contributed by atoms with Crippen molar-refractivity contribution in [2.75, 3.05) is 13.2 Å². The van der Waals surface area contributed by atoms with Gasteiger partial charge in [-0.05, 0) is 17.7 Å². The largest absolute Gasteiger partial charge is 0.369 e. The number of hydrogen-bond acceptors (Lipinski definition) is 3. The van der Waals surface area contributed by atoms with E-state index in [-0.39, 0.29) is 12.4 Å². The van der Waals surface area contributed by atoms with Crippen molar-refractivity contribution in [3.63, 3.8) is 0 Å². The Morgan fingerprint density at radius 3 is 2.41 bits per heavy atom. The van der Waals surface area contributed by atoms with Crippen molar-refractivity contribution < 1.29 is 14.2 Å². The molecule has 5 heteroatoms. The molecule has 116 valence electrons. The van der Waals surface area contributed by atoms with Crippen LogP contribution in [0.5, 0.6) is 0 Å². The summed E-state index contributed by atoms with van der Waals surface area (Å²) in [6.07, 6.45) is -0.424. The summed E-state index contributed by atoms with van der Waals surface area (Å²) in [6, 6.07) is 15.2. The Morgan fingerprint density at radius 1 is 1.00 bits per heavy atom. The third-order valence-corrected chi connectivity index (χ3v) is 4.02. The topological polar surface area (TPSA) is 27.7 Å². The minimum Gasteiger partial charge on any atom is -0.369 e. The van der Waals surface area contributed by atoms with Gasteiger partial charge in [-0.15, -0.1) is 0 Å². The molecule has 1 aliphatic heterocycles. The minimum absolute atomic E-state index is 0.105. The Hall–Kier alpha value is -1.10. The molecule has 0 spiro atoms. The van der Waals surface area contributed by atoms with Gasteiger partial charge in [-0.3, -0.25) is 0 Å². The van der Waals surface area contributed by atoms with E-state index in [1.54, 1.807) is 12.1 Å². The highest BCUT2D eigenvalue weighted by Gasteiger charge is 2.24. The molecule has 0 N–H and O–H groups in total. The molecule has 1 aliphatic rings. The molecule has 0 unspecified atom stereocenters. The summed E-state index contributed by atoms with van der Waals surface area (Å²) in [5.74, 6) is 0. The maximum atomic E-state index is 6.12. The maximum Gasteiger partial charge on any atom is 0.184 e. The molecule has 1 saturated heterocycles. The molecule has 1 heterocycles. The maximum absolute atomic E-state index is 6.12. The summed E-state index contributed by atoms with van der Waals surface area (Å²) in [7, 11) is 0. The van der Waals surface area contributed by atoms with E-state index in [1.807, 2.05) is 36.4 Å². The van der Waals surface area contributed by atoms with Crippen LogP contribution in [-0.2, 0) is 20.8 Å². The second-order valence-corrected chi connectivity index (χ2v) is 5.92. The Balaban J connectivity index is 1.50. The van der Waals surface area contributed by atoms with Crippen molar-refractivity contribution in [1.29, 1.82) is 0 Å². The van der Waals surface area contributed by atoms with Gasteiger partial charge in [0.25, 0.3) is 0 Å². The number of ether oxygens (including phenoxy) is 3. The lowest BCUT2D eigenvalue weighted by atomic mass is 10.2. The van der Waals surface area contributed by atoms with E-state index < -0.39 is 0 Å². The van der Waals surface area contributed by atoms with Gasteiger partial charge < -0.3 is 14.2 Å². The van der Waals surface area contributed by atoms with E-state index in [9.17, 15) is 0 Å². The molecule has 0 saturated carbocycles. The number of rotatable bonds is 4. The Labute approximate surface area is 139 Å². The van der Waals surface area contributed by atoms with Crippen LogP contribution in [0.3, 0.4) is 0 Å². The van der Waals surface area contributed by atoms with E-state index in [0.29, 0.717) is 29.9 Å². The first kappa shape index (κ1) is 15.8. The third-order valence-electron chi connectivity index (χ3n) is 3.43. The molecule has 1 fully saturated rings. The Morgan fingerprint density at radius 2 is 1.73 bits per heavy atom. The second kappa shape index (κ2) is 7.44. The van der Waals surface area contributed by atoms with Crippen LogP contribution in [0.25, 0.3) is 0 Å². The number of benzene rings is 2. The van der Waals surface area contributed by atoms with Gasteiger partial charge in [0.05, 0.1) is 19.8 Å². The van der Waals surface area contributed by atoms with E-state index >= 15 is 0 Å². The third kappa shape index (κ3) is 4.00. The van der Waals surface area contributed by atoms with Crippen LogP contribution in [0, 0.1) is 0 Å². The summed E-state index contributed by atoms with van der Waals surface area (Å²) in [5.41, 5.74) is 1.91. The highest BCUT2D eigenvalue weighted by molar-refractivity contribution is 6.35. The van der Waals surface area contributed by atoms with Crippen molar-refractivity contribution in [2.24, 2.45) is 0 Å². The first-order valence-corrected chi connectivity index (χ1v) is 7.81. The number of halogens is 2. The van der Waals surface area contributed by atoms with Crippen molar-refractivity contribution in [3.8, 4) is 0 Å². The molecule has 3 nitrogen and oxygen atoms in total. The van der Waals surface area contributed by atoms with Crippen LogP contribution in [-0.4, -0.2) is 19.3 Å². The molecule has 2 aromatic carbocycles. The van der Waals surface area contributed by atoms with Crippen LogP contribution in [0.2, 0.25) is 10.0 Å². The Bertz CT molecular complexity index is 611. The van der Waals surface area contributed by atoms with Gasteiger partial charge in [0.15, 0.2) is 6.29 Å². The van der Waals surface area contributed by atoms with Gasteiger partial charge in [0, 0.05) is 15.6 Å². The SMILES string of the molecule is Clc1ccc(CO[C@H]2CO[C@@H](c3ccccc3)OC2)c(Cl)c1. The van der Waals surface area contributed by atoms with Crippen LogP contribution in [0.1, 0.15) is 17.4 Å². The number of hydrogen-bond donors (Lipinski definition) is 0. The smallest absolute Gasteiger partial charge is 0.184 e. The molecule has 0 aromatic heterocycles. The monoisotopic (exact) mass is 338 g/mol. The van der Waals surface area contributed by atoms with Crippen LogP contribution < -0.4 is 0 Å². The zero-order chi connectivity index (χ0) is 15.4. The zero-order valence-electron chi connectivity index (χ0n) is 11.9. The average molecular weight is 339 g/mol. The summed E-state index contributed by atoms with van der Waals surface area (Å²) >= 11 is 12.0. The molecular weight excluding hydrogens is 323 g/mol. The van der Waals surface area contributed by atoms with E-state index in [0.717, 1.165) is 11.1 Å². The van der Waals surface area contributed by atoms with Crippen molar-refractivity contribution >= 4 is 23.2 Å². The normalized spacial score (nSPS) is 21.7. The first-order valence-electron chi connectivity index (χ1n) is 7.06. The zero-order valence-corrected chi connectivity index (χ0v) is 13.4. The Kier molecular flexibility index (Phi) is 5.34. The molecule has 0 amide bonds.